The molecule has 0 unspecified atom stereocenters. The number of aromatic nitrogens is 1. The zero-order valence-corrected chi connectivity index (χ0v) is 10.5. The molecule has 1 aliphatic rings. The third-order valence-electron chi connectivity index (χ3n) is 2.37. The van der Waals surface area contributed by atoms with Gasteiger partial charge in [0.25, 0.3) is 0 Å². The molecular formula is C10H12Cl2N2S. The maximum Gasteiger partial charge on any atom is 0.145 e. The monoisotopic (exact) mass is 262 g/mol. The van der Waals surface area contributed by atoms with E-state index in [0.717, 1.165) is 5.82 Å². The Hall–Kier alpha value is -0.120. The van der Waals surface area contributed by atoms with E-state index in [9.17, 15) is 0 Å². The number of hydrogen-bond donors (Lipinski definition) is 1. The van der Waals surface area contributed by atoms with E-state index >= 15 is 0 Å². The lowest BCUT2D eigenvalue weighted by atomic mass is 10.1. The molecule has 82 valence electrons. The molecule has 2 heterocycles. The van der Waals surface area contributed by atoms with Crippen LogP contribution >= 0.6 is 35.0 Å². The predicted octanol–water partition coefficient (Wildman–Crippen LogP) is 3.70. The van der Waals surface area contributed by atoms with E-state index in [-0.39, 0.29) is 0 Å². The highest BCUT2D eigenvalue weighted by molar-refractivity contribution is 7.99. The van der Waals surface area contributed by atoms with E-state index in [4.69, 9.17) is 23.2 Å². The fourth-order valence-corrected chi connectivity index (χ4v) is 3.10. The Morgan fingerprint density at radius 1 is 1.33 bits per heavy atom. The number of rotatable bonds is 2. The Balaban J connectivity index is 2.03. The predicted molar refractivity (Wildman–Crippen MR) is 68.2 cm³/mol. The van der Waals surface area contributed by atoms with Crippen molar-refractivity contribution in [1.29, 1.82) is 0 Å². The molecule has 1 aromatic rings. The molecular weight excluding hydrogens is 251 g/mol. The van der Waals surface area contributed by atoms with Crippen LogP contribution in [0.3, 0.4) is 0 Å². The van der Waals surface area contributed by atoms with E-state index in [1.54, 1.807) is 12.3 Å². The van der Waals surface area contributed by atoms with Crippen LogP contribution in [-0.4, -0.2) is 22.5 Å². The van der Waals surface area contributed by atoms with Crippen molar-refractivity contribution in [2.45, 2.75) is 18.9 Å². The maximum absolute atomic E-state index is 6.03. The van der Waals surface area contributed by atoms with Crippen LogP contribution in [-0.2, 0) is 0 Å². The second-order valence-electron chi connectivity index (χ2n) is 3.51. The topological polar surface area (TPSA) is 24.9 Å². The van der Waals surface area contributed by atoms with E-state index < -0.39 is 0 Å². The Labute approximate surface area is 104 Å². The SMILES string of the molecule is Clc1cnc(NC2CCSCC2)c(Cl)c1. The lowest BCUT2D eigenvalue weighted by molar-refractivity contribution is 0.664. The molecule has 0 atom stereocenters. The summed E-state index contributed by atoms with van der Waals surface area (Å²) in [6.07, 6.45) is 3.96. The average Bonchev–Trinajstić information content (AvgIpc) is 2.24. The summed E-state index contributed by atoms with van der Waals surface area (Å²) in [6, 6.07) is 2.22. The number of hydrogen-bond acceptors (Lipinski definition) is 3. The van der Waals surface area contributed by atoms with Gasteiger partial charge in [0.15, 0.2) is 0 Å². The van der Waals surface area contributed by atoms with Crippen molar-refractivity contribution in [3.05, 3.63) is 22.3 Å². The lowest BCUT2D eigenvalue weighted by Crippen LogP contribution is -2.25. The van der Waals surface area contributed by atoms with Crippen LogP contribution < -0.4 is 5.32 Å². The first-order valence-corrected chi connectivity index (χ1v) is 6.82. The van der Waals surface area contributed by atoms with E-state index in [1.807, 2.05) is 11.8 Å². The normalized spacial score (nSPS) is 17.7. The van der Waals surface area contributed by atoms with E-state index in [1.165, 1.54) is 24.3 Å². The number of halogens is 2. The molecule has 1 saturated heterocycles. The van der Waals surface area contributed by atoms with Gasteiger partial charge in [-0.15, -0.1) is 0 Å². The second kappa shape index (κ2) is 5.28. The Kier molecular flexibility index (Phi) is 4.00. The molecule has 0 saturated carbocycles. The van der Waals surface area contributed by atoms with Gasteiger partial charge >= 0.3 is 0 Å². The molecule has 1 N–H and O–H groups in total. The molecule has 0 bridgehead atoms. The summed E-state index contributed by atoms with van der Waals surface area (Å²) in [5.74, 6) is 3.17. The Morgan fingerprint density at radius 3 is 2.73 bits per heavy atom. The fraction of sp³-hybridized carbons (Fsp3) is 0.500. The van der Waals surface area contributed by atoms with Gasteiger partial charge in [-0.25, -0.2) is 4.98 Å². The van der Waals surface area contributed by atoms with E-state index in [0.29, 0.717) is 16.1 Å². The molecule has 0 radical (unpaired) electrons. The van der Waals surface area contributed by atoms with Crippen LogP contribution in [0.15, 0.2) is 12.3 Å². The molecule has 2 nitrogen and oxygen atoms in total. The number of nitrogens with zero attached hydrogens (tertiary/aromatic N) is 1. The van der Waals surface area contributed by atoms with Gasteiger partial charge in [-0.05, 0) is 30.4 Å². The van der Waals surface area contributed by atoms with Crippen LogP contribution in [0.25, 0.3) is 0 Å². The molecule has 0 amide bonds. The van der Waals surface area contributed by atoms with Crippen molar-refractivity contribution in [3.8, 4) is 0 Å². The second-order valence-corrected chi connectivity index (χ2v) is 5.58. The van der Waals surface area contributed by atoms with Crippen molar-refractivity contribution in [1.82, 2.24) is 4.98 Å². The number of thioether (sulfide) groups is 1. The Morgan fingerprint density at radius 2 is 2.07 bits per heavy atom. The maximum atomic E-state index is 6.03. The number of nitrogens with one attached hydrogen (secondary N) is 1. The van der Waals surface area contributed by atoms with Gasteiger partial charge in [0.05, 0.1) is 10.0 Å². The lowest BCUT2D eigenvalue weighted by Gasteiger charge is -2.23. The molecule has 0 spiro atoms. The highest BCUT2D eigenvalue weighted by atomic mass is 35.5. The molecule has 15 heavy (non-hydrogen) atoms. The number of anilines is 1. The van der Waals surface area contributed by atoms with Crippen molar-refractivity contribution in [3.63, 3.8) is 0 Å². The third kappa shape index (κ3) is 3.16. The summed E-state index contributed by atoms with van der Waals surface area (Å²) in [6.45, 7) is 0. The van der Waals surface area contributed by atoms with Gasteiger partial charge in [-0.2, -0.15) is 11.8 Å². The largest absolute Gasteiger partial charge is 0.366 e. The summed E-state index contributed by atoms with van der Waals surface area (Å²) in [5, 5.41) is 4.53. The molecule has 5 heteroatoms. The average molecular weight is 263 g/mol. The van der Waals surface area contributed by atoms with Crippen LogP contribution in [0, 0.1) is 0 Å². The minimum Gasteiger partial charge on any atom is -0.366 e. The highest BCUT2D eigenvalue weighted by Crippen LogP contribution is 2.26. The minimum absolute atomic E-state index is 0.498. The molecule has 1 fully saturated rings. The summed E-state index contributed by atoms with van der Waals surface area (Å²) < 4.78 is 0. The highest BCUT2D eigenvalue weighted by Gasteiger charge is 2.15. The third-order valence-corrected chi connectivity index (χ3v) is 3.91. The summed E-state index contributed by atoms with van der Waals surface area (Å²) in [7, 11) is 0. The fourth-order valence-electron chi connectivity index (χ4n) is 1.56. The van der Waals surface area contributed by atoms with Crippen LogP contribution in [0.2, 0.25) is 10.0 Å². The van der Waals surface area contributed by atoms with Gasteiger partial charge in [0, 0.05) is 12.2 Å². The van der Waals surface area contributed by atoms with Gasteiger partial charge < -0.3 is 5.32 Å². The quantitative estimate of drug-likeness (QED) is 0.880. The summed E-state index contributed by atoms with van der Waals surface area (Å²) in [4.78, 5) is 4.19. The van der Waals surface area contributed by atoms with Gasteiger partial charge in [-0.3, -0.25) is 0 Å². The van der Waals surface area contributed by atoms with Crippen molar-refractivity contribution < 1.29 is 0 Å². The standard InChI is InChI=1S/C10H12Cl2N2S/c11-7-5-9(12)10(13-6-7)14-8-1-3-15-4-2-8/h5-6,8H,1-4H2,(H,13,14). The van der Waals surface area contributed by atoms with Crippen molar-refractivity contribution in [2.75, 3.05) is 16.8 Å². The first-order chi connectivity index (χ1) is 7.25. The van der Waals surface area contributed by atoms with E-state index in [2.05, 4.69) is 10.3 Å². The zero-order chi connectivity index (χ0) is 10.7. The molecule has 1 aromatic heterocycles. The van der Waals surface area contributed by atoms with Crippen LogP contribution in [0.1, 0.15) is 12.8 Å². The van der Waals surface area contributed by atoms with Crippen LogP contribution in [0.4, 0.5) is 5.82 Å². The number of pyridine rings is 1. The first kappa shape index (κ1) is 11.4. The first-order valence-electron chi connectivity index (χ1n) is 4.91. The van der Waals surface area contributed by atoms with Crippen molar-refractivity contribution in [2.24, 2.45) is 0 Å². The molecule has 0 aromatic carbocycles. The summed E-state index contributed by atoms with van der Waals surface area (Å²) in [5.41, 5.74) is 0. The molecule has 0 aliphatic carbocycles. The molecule has 1 aliphatic heterocycles. The Bertz CT molecular complexity index is 340. The summed E-state index contributed by atoms with van der Waals surface area (Å²) >= 11 is 13.8. The zero-order valence-electron chi connectivity index (χ0n) is 8.17. The van der Waals surface area contributed by atoms with Crippen molar-refractivity contribution >= 4 is 40.8 Å². The van der Waals surface area contributed by atoms with Gasteiger partial charge in [0.2, 0.25) is 0 Å². The van der Waals surface area contributed by atoms with Gasteiger partial charge in [-0.1, -0.05) is 23.2 Å². The smallest absolute Gasteiger partial charge is 0.145 e. The van der Waals surface area contributed by atoms with Gasteiger partial charge in [0.1, 0.15) is 5.82 Å². The van der Waals surface area contributed by atoms with Crippen LogP contribution in [0.5, 0.6) is 0 Å². The minimum atomic E-state index is 0.498. The molecule has 2 rings (SSSR count).